The number of allylic oxidation sites excluding steroid dienone is 1. The minimum atomic E-state index is -0.541. The van der Waals surface area contributed by atoms with Gasteiger partial charge in [-0.2, -0.15) is 0 Å². The third-order valence-corrected chi connectivity index (χ3v) is 5.61. The maximum Gasteiger partial charge on any atom is 0.262 e. The number of aryl methyl sites for hydroxylation is 1. The summed E-state index contributed by atoms with van der Waals surface area (Å²) in [4.78, 5) is 27.9. The number of aromatic nitrogens is 3. The molecule has 1 fully saturated rings. The van der Waals surface area contributed by atoms with Gasteiger partial charge < -0.3 is 15.4 Å². The summed E-state index contributed by atoms with van der Waals surface area (Å²) in [5.41, 5.74) is 7.61. The number of ether oxygens (including phenoxy) is 1. The Bertz CT molecular complexity index is 1300. The molecule has 10 heteroatoms. The van der Waals surface area contributed by atoms with Crippen LogP contribution in [0.15, 0.2) is 45.8 Å². The molecule has 1 aliphatic rings. The molecule has 3 aromatic rings. The van der Waals surface area contributed by atoms with E-state index in [4.69, 9.17) is 22.1 Å². The Kier molecular flexibility index (Phi) is 8.36. The molecule has 1 saturated heterocycles. The quantitative estimate of drug-likeness (QED) is 0.568. The van der Waals surface area contributed by atoms with E-state index in [2.05, 4.69) is 15.0 Å². The minimum absolute atomic E-state index is 0.201. The van der Waals surface area contributed by atoms with Gasteiger partial charge in [-0.15, -0.1) is 0 Å². The van der Waals surface area contributed by atoms with Crippen molar-refractivity contribution in [3.8, 4) is 11.4 Å². The van der Waals surface area contributed by atoms with Crippen molar-refractivity contribution in [2.24, 2.45) is 10.7 Å². The third kappa shape index (κ3) is 5.60. The van der Waals surface area contributed by atoms with Gasteiger partial charge in [0, 0.05) is 48.7 Å². The molecule has 34 heavy (non-hydrogen) atoms. The summed E-state index contributed by atoms with van der Waals surface area (Å²) in [5, 5.41) is 0.280. The Balaban J connectivity index is 0.000000406. The number of benzene rings is 1. The van der Waals surface area contributed by atoms with E-state index in [1.165, 1.54) is 22.7 Å². The lowest BCUT2D eigenvalue weighted by Gasteiger charge is -2.28. The van der Waals surface area contributed by atoms with E-state index < -0.39 is 5.82 Å². The number of halogens is 2. The van der Waals surface area contributed by atoms with Crippen LogP contribution in [0.1, 0.15) is 18.2 Å². The van der Waals surface area contributed by atoms with Crippen molar-refractivity contribution in [3.05, 3.63) is 68.5 Å². The molecule has 3 heterocycles. The number of hydrogen-bond donors (Lipinski definition) is 1. The monoisotopic (exact) mass is 486 g/mol. The summed E-state index contributed by atoms with van der Waals surface area (Å²) >= 11 is 5.89. The Morgan fingerprint density at radius 1 is 1.24 bits per heavy atom. The molecule has 1 aromatic carbocycles. The van der Waals surface area contributed by atoms with Gasteiger partial charge in [0.05, 0.1) is 18.8 Å². The predicted molar refractivity (Wildman–Crippen MR) is 135 cm³/mol. The summed E-state index contributed by atoms with van der Waals surface area (Å²) in [6.45, 7) is 7.90. The molecule has 8 nitrogen and oxygen atoms in total. The number of aliphatic imine (C=N–C) groups is 1. The van der Waals surface area contributed by atoms with Gasteiger partial charge in [0.2, 0.25) is 0 Å². The third-order valence-electron chi connectivity index (χ3n) is 5.37. The van der Waals surface area contributed by atoms with Crippen LogP contribution in [0.2, 0.25) is 5.02 Å². The van der Waals surface area contributed by atoms with Crippen LogP contribution < -0.4 is 16.2 Å². The molecule has 1 aliphatic heterocycles. The average Bonchev–Trinajstić information content (AvgIpc) is 2.83. The summed E-state index contributed by atoms with van der Waals surface area (Å²) in [5.74, 6) is 0.308. The lowest BCUT2D eigenvalue weighted by atomic mass is 10.2. The van der Waals surface area contributed by atoms with Crippen LogP contribution >= 0.6 is 11.6 Å². The van der Waals surface area contributed by atoms with Crippen molar-refractivity contribution in [1.82, 2.24) is 14.4 Å². The maximum atomic E-state index is 14.7. The molecule has 2 aromatic heterocycles. The van der Waals surface area contributed by atoms with E-state index >= 15 is 0 Å². The second-order valence-corrected chi connectivity index (χ2v) is 8.22. The number of morpholine rings is 1. The Hall–Kier alpha value is -3.30. The van der Waals surface area contributed by atoms with Crippen LogP contribution in [-0.2, 0) is 4.74 Å². The normalized spacial score (nSPS) is 14.4. The van der Waals surface area contributed by atoms with E-state index in [1.54, 1.807) is 39.2 Å². The molecular weight excluding hydrogens is 459 g/mol. The van der Waals surface area contributed by atoms with E-state index in [0.29, 0.717) is 49.0 Å². The van der Waals surface area contributed by atoms with Gasteiger partial charge in [0.15, 0.2) is 5.82 Å². The predicted octanol–water partition coefficient (Wildman–Crippen LogP) is 3.55. The number of anilines is 1. The molecule has 0 amide bonds. The molecule has 4 rings (SSSR count). The maximum absolute atomic E-state index is 14.7. The summed E-state index contributed by atoms with van der Waals surface area (Å²) < 4.78 is 21.4. The Labute approximate surface area is 202 Å². The molecule has 0 unspecified atom stereocenters. The molecular formula is C24H28ClFN6O2. The minimum Gasteiger partial charge on any atom is -0.404 e. The van der Waals surface area contributed by atoms with Gasteiger partial charge in [-0.1, -0.05) is 11.6 Å². The number of rotatable bonds is 3. The first-order chi connectivity index (χ1) is 16.3. The summed E-state index contributed by atoms with van der Waals surface area (Å²) in [6.07, 6.45) is 3.23. The number of nitrogens with two attached hydrogens (primary N) is 1. The second kappa shape index (κ2) is 11.2. The van der Waals surface area contributed by atoms with E-state index in [1.807, 2.05) is 11.8 Å². The molecule has 0 bridgehead atoms. The van der Waals surface area contributed by atoms with Crippen LogP contribution in [0.25, 0.3) is 17.0 Å². The van der Waals surface area contributed by atoms with Crippen LogP contribution in [-0.4, -0.2) is 53.9 Å². The van der Waals surface area contributed by atoms with Crippen molar-refractivity contribution in [2.45, 2.75) is 20.8 Å². The van der Waals surface area contributed by atoms with Crippen LogP contribution in [0, 0.1) is 19.7 Å². The Morgan fingerprint density at radius 3 is 2.53 bits per heavy atom. The fourth-order valence-corrected chi connectivity index (χ4v) is 3.55. The molecule has 0 spiro atoms. The number of fused-ring (bicyclic) bond motifs is 1. The molecule has 180 valence electrons. The zero-order valence-corrected chi connectivity index (χ0v) is 20.4. The average molecular weight is 487 g/mol. The topological polar surface area (TPSA) is 98.1 Å². The largest absolute Gasteiger partial charge is 0.404 e. The number of nitrogens with zero attached hydrogens (tertiary/aromatic N) is 5. The van der Waals surface area contributed by atoms with Gasteiger partial charge in [0.1, 0.15) is 17.3 Å². The highest BCUT2D eigenvalue weighted by atomic mass is 35.5. The van der Waals surface area contributed by atoms with Crippen molar-refractivity contribution in [2.75, 3.05) is 38.3 Å². The highest BCUT2D eigenvalue weighted by molar-refractivity contribution is 6.30. The van der Waals surface area contributed by atoms with Gasteiger partial charge in [-0.25, -0.2) is 18.8 Å². The second-order valence-electron chi connectivity index (χ2n) is 7.78. The Morgan fingerprint density at radius 2 is 1.94 bits per heavy atom. The van der Waals surface area contributed by atoms with Gasteiger partial charge in [-0.05, 0) is 50.7 Å². The van der Waals surface area contributed by atoms with Crippen molar-refractivity contribution >= 4 is 29.3 Å². The molecule has 0 aliphatic carbocycles. The molecule has 0 saturated carbocycles. The first-order valence-electron chi connectivity index (χ1n) is 10.8. The van der Waals surface area contributed by atoms with Gasteiger partial charge in [0.25, 0.3) is 5.56 Å². The van der Waals surface area contributed by atoms with Crippen molar-refractivity contribution < 1.29 is 9.13 Å². The van der Waals surface area contributed by atoms with Crippen LogP contribution in [0.5, 0.6) is 0 Å². The van der Waals surface area contributed by atoms with E-state index in [-0.39, 0.29) is 22.0 Å². The van der Waals surface area contributed by atoms with Crippen LogP contribution in [0.3, 0.4) is 0 Å². The van der Waals surface area contributed by atoms with Gasteiger partial charge in [-0.3, -0.25) is 9.79 Å². The number of hydrogen-bond acceptors (Lipinski definition) is 7. The first kappa shape index (κ1) is 25.3. The van der Waals surface area contributed by atoms with Gasteiger partial charge >= 0.3 is 0 Å². The highest BCUT2D eigenvalue weighted by Gasteiger charge is 2.20. The smallest absolute Gasteiger partial charge is 0.262 e. The van der Waals surface area contributed by atoms with E-state index in [0.717, 1.165) is 5.57 Å². The fraction of sp³-hybridized carbons (Fsp3) is 0.333. The standard InChI is InChI=1S/C19H18ClFN4O2.C5H10N2/c1-11-12(2)22-17-10-16(24-5-7-27-8-6-24)23-18(25(17)19(11)26)14-4-3-13(20)9-15(14)21;1-5(3-6)4-7-2/h3-4,9-10H,5-8H2,1-2H3;3-4H,6H2,1-2H3/b;5-3-,7-4?. The lowest BCUT2D eigenvalue weighted by molar-refractivity contribution is 0.122. The highest BCUT2D eigenvalue weighted by Crippen LogP contribution is 2.27. The molecule has 0 radical (unpaired) electrons. The fourth-order valence-electron chi connectivity index (χ4n) is 3.39. The van der Waals surface area contributed by atoms with E-state index in [9.17, 15) is 9.18 Å². The molecule has 2 N–H and O–H groups in total. The molecule has 0 atom stereocenters. The SMILES string of the molecule is CN=C/C(C)=C\N.Cc1nc2cc(N3CCOCC3)nc(-c3ccc(Cl)cc3F)n2c(=O)c1C. The first-order valence-corrected chi connectivity index (χ1v) is 11.1. The summed E-state index contributed by atoms with van der Waals surface area (Å²) in [6, 6.07) is 6.08. The lowest BCUT2D eigenvalue weighted by Crippen LogP contribution is -2.37. The summed E-state index contributed by atoms with van der Waals surface area (Å²) in [7, 11) is 1.72. The zero-order chi connectivity index (χ0) is 24.8. The van der Waals surface area contributed by atoms with Crippen molar-refractivity contribution in [1.29, 1.82) is 0 Å². The zero-order valence-electron chi connectivity index (χ0n) is 19.7. The van der Waals surface area contributed by atoms with Crippen molar-refractivity contribution in [3.63, 3.8) is 0 Å². The van der Waals surface area contributed by atoms with Crippen LogP contribution in [0.4, 0.5) is 10.2 Å².